The van der Waals surface area contributed by atoms with E-state index >= 15 is 0 Å². The van der Waals surface area contributed by atoms with Crippen molar-refractivity contribution in [1.82, 2.24) is 10.2 Å². The van der Waals surface area contributed by atoms with Gasteiger partial charge in [-0.2, -0.15) is 0 Å². The molecule has 0 aromatic heterocycles. The summed E-state index contributed by atoms with van der Waals surface area (Å²) in [6, 6.07) is 0.355. The molecule has 0 bridgehead atoms. The SMILES string of the molecule is CNC1CCN(C(C)C(C)(C)C)C1=O. The van der Waals surface area contributed by atoms with E-state index in [-0.39, 0.29) is 17.4 Å². The van der Waals surface area contributed by atoms with Crippen molar-refractivity contribution >= 4 is 5.91 Å². The molecule has 0 radical (unpaired) electrons. The van der Waals surface area contributed by atoms with Gasteiger partial charge in [0.05, 0.1) is 6.04 Å². The molecule has 1 fully saturated rings. The van der Waals surface area contributed by atoms with Crippen LogP contribution in [0.3, 0.4) is 0 Å². The third-order valence-electron chi connectivity index (χ3n) is 3.31. The Hall–Kier alpha value is -0.570. The molecule has 2 unspecified atom stereocenters. The van der Waals surface area contributed by atoms with Crippen molar-refractivity contribution in [3.05, 3.63) is 0 Å². The van der Waals surface area contributed by atoms with E-state index in [1.807, 2.05) is 11.9 Å². The lowest BCUT2D eigenvalue weighted by Gasteiger charge is -2.35. The number of hydrogen-bond donors (Lipinski definition) is 1. The largest absolute Gasteiger partial charge is 0.338 e. The van der Waals surface area contributed by atoms with Crippen LogP contribution < -0.4 is 5.32 Å². The van der Waals surface area contributed by atoms with Crippen LogP contribution >= 0.6 is 0 Å². The highest BCUT2D eigenvalue weighted by atomic mass is 16.2. The Kier molecular flexibility index (Phi) is 3.20. The Labute approximate surface area is 86.9 Å². The van der Waals surface area contributed by atoms with E-state index in [4.69, 9.17) is 0 Å². The molecule has 0 spiro atoms. The van der Waals surface area contributed by atoms with Gasteiger partial charge in [-0.3, -0.25) is 4.79 Å². The lowest BCUT2D eigenvalue weighted by atomic mass is 9.87. The van der Waals surface area contributed by atoms with Gasteiger partial charge in [0.2, 0.25) is 5.91 Å². The highest BCUT2D eigenvalue weighted by molar-refractivity contribution is 5.84. The molecular weight excluding hydrogens is 176 g/mol. The van der Waals surface area contributed by atoms with Gasteiger partial charge in [-0.25, -0.2) is 0 Å². The summed E-state index contributed by atoms with van der Waals surface area (Å²) in [4.78, 5) is 13.9. The van der Waals surface area contributed by atoms with E-state index in [0.29, 0.717) is 6.04 Å². The number of likely N-dealkylation sites (tertiary alicyclic amines) is 1. The second kappa shape index (κ2) is 3.89. The number of carbonyl (C=O) groups is 1. The molecule has 1 aliphatic rings. The van der Waals surface area contributed by atoms with Crippen molar-refractivity contribution in [3.63, 3.8) is 0 Å². The summed E-state index contributed by atoms with van der Waals surface area (Å²) >= 11 is 0. The highest BCUT2D eigenvalue weighted by Crippen LogP contribution is 2.27. The fourth-order valence-corrected chi connectivity index (χ4v) is 1.82. The van der Waals surface area contributed by atoms with Crippen LogP contribution in [0.5, 0.6) is 0 Å². The Morgan fingerprint density at radius 1 is 1.50 bits per heavy atom. The number of rotatable bonds is 2. The molecule has 14 heavy (non-hydrogen) atoms. The van der Waals surface area contributed by atoms with Crippen LogP contribution in [0.1, 0.15) is 34.1 Å². The van der Waals surface area contributed by atoms with Gasteiger partial charge in [0, 0.05) is 12.6 Å². The molecule has 2 atom stereocenters. The molecular formula is C11H22N2O. The predicted molar refractivity (Wildman–Crippen MR) is 58.1 cm³/mol. The molecule has 1 N–H and O–H groups in total. The van der Waals surface area contributed by atoms with Gasteiger partial charge < -0.3 is 10.2 Å². The van der Waals surface area contributed by atoms with E-state index in [1.165, 1.54) is 0 Å². The van der Waals surface area contributed by atoms with Crippen molar-refractivity contribution in [2.75, 3.05) is 13.6 Å². The van der Waals surface area contributed by atoms with Gasteiger partial charge in [0.1, 0.15) is 0 Å². The molecule has 3 nitrogen and oxygen atoms in total. The smallest absolute Gasteiger partial charge is 0.240 e. The molecule has 0 saturated carbocycles. The van der Waals surface area contributed by atoms with Crippen LogP contribution in [0.2, 0.25) is 0 Å². The van der Waals surface area contributed by atoms with E-state index in [9.17, 15) is 4.79 Å². The van der Waals surface area contributed by atoms with E-state index < -0.39 is 0 Å². The number of amides is 1. The predicted octanol–water partition coefficient (Wildman–Crippen LogP) is 1.24. The zero-order chi connectivity index (χ0) is 10.9. The normalized spacial score (nSPS) is 25.6. The van der Waals surface area contributed by atoms with Gasteiger partial charge >= 0.3 is 0 Å². The number of carbonyl (C=O) groups excluding carboxylic acids is 1. The molecule has 0 aromatic carbocycles. The van der Waals surface area contributed by atoms with Crippen molar-refractivity contribution in [2.45, 2.75) is 46.2 Å². The fraction of sp³-hybridized carbons (Fsp3) is 0.909. The molecule has 1 heterocycles. The van der Waals surface area contributed by atoms with Crippen molar-refractivity contribution in [3.8, 4) is 0 Å². The van der Waals surface area contributed by atoms with Crippen LogP contribution in [-0.2, 0) is 4.79 Å². The molecule has 0 aliphatic carbocycles. The second-order valence-electron chi connectivity index (χ2n) is 5.20. The summed E-state index contributed by atoms with van der Waals surface area (Å²) in [7, 11) is 1.85. The lowest BCUT2D eigenvalue weighted by Crippen LogP contribution is -2.45. The van der Waals surface area contributed by atoms with E-state index in [2.05, 4.69) is 33.0 Å². The fourth-order valence-electron chi connectivity index (χ4n) is 1.82. The van der Waals surface area contributed by atoms with Crippen LogP contribution in [0.15, 0.2) is 0 Å². The summed E-state index contributed by atoms with van der Waals surface area (Å²) < 4.78 is 0. The van der Waals surface area contributed by atoms with E-state index in [0.717, 1.165) is 13.0 Å². The number of nitrogens with zero attached hydrogens (tertiary/aromatic N) is 1. The average Bonchev–Trinajstić information content (AvgIpc) is 2.43. The standard InChI is InChI=1S/C11H22N2O/c1-8(11(2,3)4)13-7-6-9(12-5)10(13)14/h8-9,12H,6-7H2,1-5H3. The minimum Gasteiger partial charge on any atom is -0.338 e. The Balaban J connectivity index is 2.68. The first-order valence-electron chi connectivity index (χ1n) is 5.35. The molecule has 82 valence electrons. The third kappa shape index (κ3) is 2.08. The lowest BCUT2D eigenvalue weighted by molar-refractivity contribution is -0.132. The zero-order valence-electron chi connectivity index (χ0n) is 9.92. The first-order chi connectivity index (χ1) is 6.38. The molecule has 1 rings (SSSR count). The van der Waals surface area contributed by atoms with Crippen LogP contribution in [0.25, 0.3) is 0 Å². The number of hydrogen-bond acceptors (Lipinski definition) is 2. The van der Waals surface area contributed by atoms with Gasteiger partial charge in [-0.15, -0.1) is 0 Å². The summed E-state index contributed by atoms with van der Waals surface area (Å²) in [5.74, 6) is 0.259. The molecule has 1 amide bonds. The maximum absolute atomic E-state index is 11.9. The molecule has 3 heteroatoms. The summed E-state index contributed by atoms with van der Waals surface area (Å²) in [5.41, 5.74) is 0.165. The maximum atomic E-state index is 11.9. The second-order valence-corrected chi connectivity index (χ2v) is 5.20. The summed E-state index contributed by atoms with van der Waals surface area (Å²) in [6.45, 7) is 9.56. The topological polar surface area (TPSA) is 32.3 Å². The van der Waals surface area contributed by atoms with Crippen molar-refractivity contribution in [1.29, 1.82) is 0 Å². The van der Waals surface area contributed by atoms with Gasteiger partial charge in [-0.05, 0) is 25.8 Å². The van der Waals surface area contributed by atoms with Gasteiger partial charge in [-0.1, -0.05) is 20.8 Å². The molecule has 1 aliphatic heterocycles. The Morgan fingerprint density at radius 3 is 2.43 bits per heavy atom. The van der Waals surface area contributed by atoms with E-state index in [1.54, 1.807) is 0 Å². The van der Waals surface area contributed by atoms with Crippen LogP contribution in [0, 0.1) is 5.41 Å². The monoisotopic (exact) mass is 198 g/mol. The minimum absolute atomic E-state index is 0.0415. The first kappa shape index (κ1) is 11.5. The zero-order valence-corrected chi connectivity index (χ0v) is 9.92. The van der Waals surface area contributed by atoms with Crippen LogP contribution in [-0.4, -0.2) is 36.5 Å². The Bertz CT molecular complexity index is 220. The quantitative estimate of drug-likeness (QED) is 0.724. The van der Waals surface area contributed by atoms with Crippen molar-refractivity contribution in [2.24, 2.45) is 5.41 Å². The Morgan fingerprint density at radius 2 is 2.07 bits per heavy atom. The molecule has 0 aromatic rings. The first-order valence-corrected chi connectivity index (χ1v) is 5.35. The highest BCUT2D eigenvalue weighted by Gasteiger charge is 2.37. The maximum Gasteiger partial charge on any atom is 0.240 e. The van der Waals surface area contributed by atoms with Gasteiger partial charge in [0.15, 0.2) is 0 Å². The average molecular weight is 198 g/mol. The number of nitrogens with one attached hydrogen (secondary N) is 1. The number of likely N-dealkylation sites (N-methyl/N-ethyl adjacent to an activating group) is 1. The van der Waals surface area contributed by atoms with Crippen LogP contribution in [0.4, 0.5) is 0 Å². The summed E-state index contributed by atoms with van der Waals surface area (Å²) in [6.07, 6.45) is 0.940. The van der Waals surface area contributed by atoms with Gasteiger partial charge in [0.25, 0.3) is 0 Å². The van der Waals surface area contributed by atoms with Crippen molar-refractivity contribution < 1.29 is 4.79 Å². The summed E-state index contributed by atoms with van der Waals surface area (Å²) in [5, 5.41) is 3.06. The third-order valence-corrected chi connectivity index (χ3v) is 3.31. The molecule has 1 saturated heterocycles. The minimum atomic E-state index is 0.0415.